The Morgan fingerprint density at radius 2 is 1.84 bits per heavy atom. The lowest BCUT2D eigenvalue weighted by Gasteiger charge is -2.36. The summed E-state index contributed by atoms with van der Waals surface area (Å²) in [5, 5.41) is 19.1. The number of aliphatic hydroxyl groups is 1. The molecule has 2 atom stereocenters. The van der Waals surface area contributed by atoms with Crippen LogP contribution in [-0.4, -0.2) is 62.6 Å². The fraction of sp³-hybridized carbons (Fsp3) is 0.542. The maximum Gasteiger partial charge on any atom is 0.223 e. The molecule has 1 aliphatic carbocycles. The molecule has 7 nitrogen and oxygen atoms in total. The van der Waals surface area contributed by atoms with Crippen LogP contribution in [0.25, 0.3) is 0 Å². The highest BCUT2D eigenvalue weighted by molar-refractivity contribution is 5.76. The number of amides is 1. The van der Waals surface area contributed by atoms with Crippen LogP contribution in [-0.2, 0) is 17.9 Å². The first-order chi connectivity index (χ1) is 15.1. The molecule has 0 radical (unpaired) electrons. The lowest BCUT2D eigenvalue weighted by molar-refractivity contribution is -0.135. The largest absolute Gasteiger partial charge is 0.393 e. The second-order valence-electron chi connectivity index (χ2n) is 8.79. The average Bonchev–Trinajstić information content (AvgIpc) is 3.22. The predicted octanol–water partition coefficient (Wildman–Crippen LogP) is 2.39. The summed E-state index contributed by atoms with van der Waals surface area (Å²) in [6.07, 6.45) is 7.94. The Balaban J connectivity index is 1.27. The van der Waals surface area contributed by atoms with E-state index in [-0.39, 0.29) is 17.9 Å². The number of nitrogens with zero attached hydrogens (tertiary/aromatic N) is 5. The van der Waals surface area contributed by atoms with Gasteiger partial charge in [0.25, 0.3) is 0 Å². The number of aromatic nitrogens is 2. The monoisotopic (exact) mass is 421 g/mol. The van der Waals surface area contributed by atoms with Crippen molar-refractivity contribution >= 4 is 5.91 Å². The van der Waals surface area contributed by atoms with E-state index in [2.05, 4.69) is 20.5 Å². The second-order valence-corrected chi connectivity index (χ2v) is 8.79. The third kappa shape index (κ3) is 5.52. The van der Waals surface area contributed by atoms with E-state index in [9.17, 15) is 9.90 Å². The molecule has 31 heavy (non-hydrogen) atoms. The zero-order chi connectivity index (χ0) is 21.6. The van der Waals surface area contributed by atoms with Crippen LogP contribution in [0.5, 0.6) is 0 Å². The Labute approximate surface area is 183 Å². The normalized spacial score (nSPS) is 22.3. The molecule has 2 fully saturated rings. The minimum atomic E-state index is -0.310. The molecule has 1 saturated heterocycles. The minimum Gasteiger partial charge on any atom is -0.393 e. The number of imidazole rings is 1. The maximum absolute atomic E-state index is 12.7. The number of benzene rings is 1. The Kier molecular flexibility index (Phi) is 7.00. The van der Waals surface area contributed by atoms with E-state index in [1.807, 2.05) is 41.7 Å². The standard InChI is InChI=1S/C24H31N5O2/c25-14-19-5-7-20(8-6-19)16-29-18-26-15-22(29)17-27-9-11-28(12-10-27)24(31)13-21-3-1-2-4-23(21)30/h5-8,15,18,21,23,30H,1-4,9-13,16-17H2. The smallest absolute Gasteiger partial charge is 0.223 e. The number of aliphatic hydroxyl groups excluding tert-OH is 1. The molecule has 2 aliphatic rings. The van der Waals surface area contributed by atoms with Crippen molar-refractivity contribution in [2.45, 2.75) is 51.3 Å². The van der Waals surface area contributed by atoms with E-state index in [0.29, 0.717) is 12.0 Å². The van der Waals surface area contributed by atoms with Crippen LogP contribution in [0.3, 0.4) is 0 Å². The van der Waals surface area contributed by atoms with E-state index < -0.39 is 0 Å². The Morgan fingerprint density at radius 3 is 2.55 bits per heavy atom. The van der Waals surface area contributed by atoms with Crippen LogP contribution >= 0.6 is 0 Å². The van der Waals surface area contributed by atoms with Crippen molar-refractivity contribution < 1.29 is 9.90 Å². The van der Waals surface area contributed by atoms with Gasteiger partial charge in [0.15, 0.2) is 0 Å². The third-order valence-electron chi connectivity index (χ3n) is 6.65. The first-order valence-corrected chi connectivity index (χ1v) is 11.3. The molecule has 0 bridgehead atoms. The number of nitriles is 1. The number of carbonyl (C=O) groups excluding carboxylic acids is 1. The van der Waals surface area contributed by atoms with Crippen LogP contribution in [0.4, 0.5) is 0 Å². The highest BCUT2D eigenvalue weighted by Gasteiger charge is 2.29. The van der Waals surface area contributed by atoms with Gasteiger partial charge < -0.3 is 14.6 Å². The van der Waals surface area contributed by atoms with Gasteiger partial charge in [-0.15, -0.1) is 0 Å². The van der Waals surface area contributed by atoms with Gasteiger partial charge in [0.1, 0.15) is 0 Å². The van der Waals surface area contributed by atoms with Gasteiger partial charge in [0, 0.05) is 51.9 Å². The zero-order valence-corrected chi connectivity index (χ0v) is 18.0. The number of rotatable bonds is 6. The number of piperazine rings is 1. The van der Waals surface area contributed by atoms with E-state index in [0.717, 1.165) is 76.2 Å². The molecule has 1 amide bonds. The first kappa shape index (κ1) is 21.5. The molecule has 2 heterocycles. The summed E-state index contributed by atoms with van der Waals surface area (Å²) in [7, 11) is 0. The third-order valence-corrected chi connectivity index (χ3v) is 6.65. The number of hydrogen-bond acceptors (Lipinski definition) is 5. The summed E-state index contributed by atoms with van der Waals surface area (Å²) in [5.41, 5.74) is 2.95. The van der Waals surface area contributed by atoms with Crippen LogP contribution in [0.2, 0.25) is 0 Å². The van der Waals surface area contributed by atoms with E-state index in [1.165, 1.54) is 0 Å². The topological polar surface area (TPSA) is 85.4 Å². The molecule has 1 aromatic heterocycles. The SMILES string of the molecule is N#Cc1ccc(Cn2cncc2CN2CCN(C(=O)CC3CCCCC3O)CC2)cc1. The highest BCUT2D eigenvalue weighted by Crippen LogP contribution is 2.27. The van der Waals surface area contributed by atoms with Crippen LogP contribution in [0, 0.1) is 17.2 Å². The molecule has 2 aromatic rings. The summed E-state index contributed by atoms with van der Waals surface area (Å²) in [5.74, 6) is 0.326. The molecular weight excluding hydrogens is 390 g/mol. The van der Waals surface area contributed by atoms with Crippen LogP contribution in [0.1, 0.15) is 48.9 Å². The summed E-state index contributed by atoms with van der Waals surface area (Å²) in [6.45, 7) is 4.71. The van der Waals surface area contributed by atoms with Gasteiger partial charge >= 0.3 is 0 Å². The summed E-state index contributed by atoms with van der Waals surface area (Å²) in [4.78, 5) is 21.4. The van der Waals surface area contributed by atoms with Gasteiger partial charge in [-0.1, -0.05) is 25.0 Å². The number of hydrogen-bond donors (Lipinski definition) is 1. The Hall–Kier alpha value is -2.69. The zero-order valence-electron chi connectivity index (χ0n) is 18.0. The van der Waals surface area contributed by atoms with E-state index in [4.69, 9.17) is 5.26 Å². The molecule has 1 N–H and O–H groups in total. The highest BCUT2D eigenvalue weighted by atomic mass is 16.3. The molecule has 4 rings (SSSR count). The summed E-state index contributed by atoms with van der Waals surface area (Å²) < 4.78 is 2.14. The lowest BCUT2D eigenvalue weighted by Crippen LogP contribution is -2.49. The van der Waals surface area contributed by atoms with Crippen molar-refractivity contribution in [1.29, 1.82) is 5.26 Å². The molecule has 7 heteroatoms. The van der Waals surface area contributed by atoms with Crippen molar-refractivity contribution in [3.05, 3.63) is 53.6 Å². The van der Waals surface area contributed by atoms with Gasteiger partial charge in [-0.05, 0) is 36.5 Å². The summed E-state index contributed by atoms with van der Waals surface area (Å²) >= 11 is 0. The maximum atomic E-state index is 12.7. The quantitative estimate of drug-likeness (QED) is 0.774. The lowest BCUT2D eigenvalue weighted by atomic mass is 9.84. The fourth-order valence-corrected chi connectivity index (χ4v) is 4.67. The van der Waals surface area contributed by atoms with E-state index in [1.54, 1.807) is 0 Å². The van der Waals surface area contributed by atoms with Crippen molar-refractivity contribution in [2.24, 2.45) is 5.92 Å². The first-order valence-electron chi connectivity index (χ1n) is 11.3. The predicted molar refractivity (Wildman–Crippen MR) is 117 cm³/mol. The summed E-state index contributed by atoms with van der Waals surface area (Å²) in [6, 6.07) is 9.80. The number of carbonyl (C=O) groups is 1. The molecule has 1 aromatic carbocycles. The van der Waals surface area contributed by atoms with Crippen molar-refractivity contribution in [3.8, 4) is 6.07 Å². The van der Waals surface area contributed by atoms with Gasteiger partial charge in [0.05, 0.1) is 29.8 Å². The van der Waals surface area contributed by atoms with Crippen LogP contribution in [0.15, 0.2) is 36.8 Å². The molecule has 1 saturated carbocycles. The molecular formula is C24H31N5O2. The molecule has 0 spiro atoms. The van der Waals surface area contributed by atoms with E-state index >= 15 is 0 Å². The average molecular weight is 422 g/mol. The van der Waals surface area contributed by atoms with Crippen molar-refractivity contribution in [3.63, 3.8) is 0 Å². The molecule has 164 valence electrons. The van der Waals surface area contributed by atoms with Crippen molar-refractivity contribution in [2.75, 3.05) is 26.2 Å². The van der Waals surface area contributed by atoms with Crippen molar-refractivity contribution in [1.82, 2.24) is 19.4 Å². The van der Waals surface area contributed by atoms with Gasteiger partial charge in [-0.25, -0.2) is 4.98 Å². The van der Waals surface area contributed by atoms with Crippen LogP contribution < -0.4 is 0 Å². The Bertz CT molecular complexity index is 909. The minimum absolute atomic E-state index is 0.135. The second kappa shape index (κ2) is 10.1. The molecule has 1 aliphatic heterocycles. The van der Waals surface area contributed by atoms with Gasteiger partial charge in [0.2, 0.25) is 5.91 Å². The molecule has 2 unspecified atom stereocenters. The Morgan fingerprint density at radius 1 is 1.10 bits per heavy atom. The van der Waals surface area contributed by atoms with Gasteiger partial charge in [-0.2, -0.15) is 5.26 Å². The van der Waals surface area contributed by atoms with Gasteiger partial charge in [-0.3, -0.25) is 9.69 Å². The fourth-order valence-electron chi connectivity index (χ4n) is 4.67.